The molecule has 1 amide bonds. The Morgan fingerprint density at radius 2 is 2.24 bits per heavy atom. The summed E-state index contributed by atoms with van der Waals surface area (Å²) in [7, 11) is 1.32. The quantitative estimate of drug-likeness (QED) is 0.701. The van der Waals surface area contributed by atoms with E-state index in [1.54, 1.807) is 11.0 Å². The highest BCUT2D eigenvalue weighted by atomic mass is 19.1. The van der Waals surface area contributed by atoms with Gasteiger partial charge < -0.3 is 25.0 Å². The van der Waals surface area contributed by atoms with Crippen LogP contribution in [0.4, 0.5) is 9.18 Å². The van der Waals surface area contributed by atoms with Gasteiger partial charge in [0.25, 0.3) is 0 Å². The van der Waals surface area contributed by atoms with Gasteiger partial charge in [0.05, 0.1) is 25.9 Å². The Morgan fingerprint density at radius 3 is 2.80 bits per heavy atom. The second-order valence-electron chi connectivity index (χ2n) is 5.73. The summed E-state index contributed by atoms with van der Waals surface area (Å²) < 4.78 is 19.4. The molecule has 0 aromatic heterocycles. The molecule has 0 saturated carbocycles. The summed E-state index contributed by atoms with van der Waals surface area (Å²) in [6, 6.07) is 3.98. The van der Waals surface area contributed by atoms with Crippen LogP contribution in [0.25, 0.3) is 0 Å². The molecule has 1 heterocycles. The number of rotatable bonds is 5. The fourth-order valence-electron chi connectivity index (χ4n) is 2.91. The number of carboxylic acid groups (broad SMARTS) is 1. The zero-order chi connectivity index (χ0) is 18.6. The monoisotopic (exact) mass is 353 g/mol. The summed E-state index contributed by atoms with van der Waals surface area (Å²) in [6.07, 6.45) is -2.30. The minimum atomic E-state index is -1.23. The molecule has 3 N–H and O–H groups in total. The highest BCUT2D eigenvalue weighted by Crippen LogP contribution is 2.28. The van der Waals surface area contributed by atoms with Gasteiger partial charge in [-0.2, -0.15) is 5.26 Å². The predicted molar refractivity (Wildman–Crippen MR) is 84.7 cm³/mol. The zero-order valence-corrected chi connectivity index (χ0v) is 13.7. The van der Waals surface area contributed by atoms with Gasteiger partial charge in [0.1, 0.15) is 17.4 Å². The minimum absolute atomic E-state index is 0.00675. The van der Waals surface area contributed by atoms with E-state index in [0.29, 0.717) is 6.54 Å². The highest BCUT2D eigenvalue weighted by Gasteiger charge is 2.31. The van der Waals surface area contributed by atoms with Gasteiger partial charge in [-0.25, -0.2) is 9.18 Å². The van der Waals surface area contributed by atoms with Crippen molar-refractivity contribution in [3.05, 3.63) is 29.1 Å². The topological polar surface area (TPSA) is 117 Å². The lowest BCUT2D eigenvalue weighted by Gasteiger charge is -2.40. The molecule has 1 unspecified atom stereocenters. The average molecular weight is 353 g/mol. The van der Waals surface area contributed by atoms with Crippen LogP contribution in [0.5, 0.6) is 5.75 Å². The first kappa shape index (κ1) is 18.9. The predicted octanol–water partition coefficient (Wildman–Crippen LogP) is 0.396. The van der Waals surface area contributed by atoms with Crippen LogP contribution in [0.15, 0.2) is 12.1 Å². The van der Waals surface area contributed by atoms with E-state index in [9.17, 15) is 19.4 Å². The smallest absolute Gasteiger partial charge is 0.407 e. The van der Waals surface area contributed by atoms with Crippen molar-refractivity contribution in [2.24, 2.45) is 0 Å². The molecular weight excluding hydrogens is 333 g/mol. The standard InChI is InChI=1S/C16H20FN3O5/c1-25-14-3-2-11(15(17)12(14)6-18)13(22)8-19-4-5-20(16(23)24)7-10(19)9-21/h2-3,10,13,21-22H,4-5,7-9H2,1H3,(H,23,24)/t10-,13?/m0/s1. The maximum atomic E-state index is 14.5. The third kappa shape index (κ3) is 3.99. The lowest BCUT2D eigenvalue weighted by Crippen LogP contribution is -2.56. The third-order valence-corrected chi connectivity index (χ3v) is 4.32. The van der Waals surface area contributed by atoms with Crippen LogP contribution >= 0.6 is 0 Å². The largest absolute Gasteiger partial charge is 0.495 e. The molecule has 0 bridgehead atoms. The number of nitrogens with zero attached hydrogens (tertiary/aromatic N) is 3. The summed E-state index contributed by atoms with van der Waals surface area (Å²) in [6.45, 7) is 0.357. The molecule has 0 spiro atoms. The number of nitriles is 1. The van der Waals surface area contributed by atoms with Gasteiger partial charge in [0, 0.05) is 31.7 Å². The van der Waals surface area contributed by atoms with Crippen molar-refractivity contribution in [3.63, 3.8) is 0 Å². The van der Waals surface area contributed by atoms with Crippen molar-refractivity contribution in [1.82, 2.24) is 9.80 Å². The molecule has 9 heteroatoms. The van der Waals surface area contributed by atoms with Crippen LogP contribution in [0.2, 0.25) is 0 Å². The number of ether oxygens (including phenoxy) is 1. The van der Waals surface area contributed by atoms with Crippen molar-refractivity contribution < 1.29 is 29.2 Å². The molecule has 1 aromatic carbocycles. The lowest BCUT2D eigenvalue weighted by atomic mass is 10.0. The number of aliphatic hydroxyl groups is 2. The summed E-state index contributed by atoms with van der Waals surface area (Å²) in [5.74, 6) is -0.765. The molecular formula is C16H20FN3O5. The summed E-state index contributed by atoms with van der Waals surface area (Å²) >= 11 is 0. The second kappa shape index (κ2) is 8.11. The number of hydrogen-bond donors (Lipinski definition) is 3. The number of halogens is 1. The molecule has 1 aliphatic rings. The number of hydrogen-bond acceptors (Lipinski definition) is 6. The number of β-amino-alcohol motifs (C(OH)–C–C–N with tert-alkyl or cyclic N) is 1. The van der Waals surface area contributed by atoms with Gasteiger partial charge in [-0.1, -0.05) is 0 Å². The molecule has 1 saturated heterocycles. The number of methoxy groups -OCH3 is 1. The molecule has 0 aliphatic carbocycles. The fraction of sp³-hybridized carbons (Fsp3) is 0.500. The van der Waals surface area contributed by atoms with E-state index >= 15 is 0 Å². The molecule has 2 atom stereocenters. The Hall–Kier alpha value is -2.41. The van der Waals surface area contributed by atoms with Crippen molar-refractivity contribution >= 4 is 6.09 Å². The van der Waals surface area contributed by atoms with Gasteiger partial charge in [-0.15, -0.1) is 0 Å². The Bertz CT molecular complexity index is 678. The Balaban J connectivity index is 2.15. The molecule has 1 aromatic rings. The molecule has 1 fully saturated rings. The van der Waals surface area contributed by atoms with Crippen molar-refractivity contribution in [1.29, 1.82) is 5.26 Å². The van der Waals surface area contributed by atoms with E-state index in [4.69, 9.17) is 15.1 Å². The number of piperazine rings is 1. The van der Waals surface area contributed by atoms with Gasteiger partial charge in [0.15, 0.2) is 5.82 Å². The molecule has 2 rings (SSSR count). The summed E-state index contributed by atoms with van der Waals surface area (Å²) in [5.41, 5.74) is -0.330. The van der Waals surface area contributed by atoms with E-state index in [1.807, 2.05) is 0 Å². The number of amides is 1. The number of aliphatic hydroxyl groups excluding tert-OH is 2. The van der Waals surface area contributed by atoms with Crippen molar-refractivity contribution in [3.8, 4) is 11.8 Å². The van der Waals surface area contributed by atoms with Gasteiger partial charge in [0.2, 0.25) is 0 Å². The Kier molecular flexibility index (Phi) is 6.14. The van der Waals surface area contributed by atoms with Crippen LogP contribution in [0.3, 0.4) is 0 Å². The molecule has 1 aliphatic heterocycles. The average Bonchev–Trinajstić information content (AvgIpc) is 2.61. The first-order valence-electron chi connectivity index (χ1n) is 7.70. The van der Waals surface area contributed by atoms with E-state index in [1.165, 1.54) is 24.1 Å². The Labute approximate surface area is 144 Å². The normalized spacial score (nSPS) is 19.3. The Morgan fingerprint density at radius 1 is 1.52 bits per heavy atom. The maximum absolute atomic E-state index is 14.5. The molecule has 25 heavy (non-hydrogen) atoms. The highest BCUT2D eigenvalue weighted by molar-refractivity contribution is 5.65. The van der Waals surface area contributed by atoms with E-state index < -0.39 is 24.1 Å². The zero-order valence-electron chi connectivity index (χ0n) is 13.7. The number of benzene rings is 1. The lowest BCUT2D eigenvalue weighted by molar-refractivity contribution is 0.0123. The van der Waals surface area contributed by atoms with Crippen LogP contribution in [0.1, 0.15) is 17.2 Å². The van der Waals surface area contributed by atoms with Crippen LogP contribution in [-0.4, -0.2) is 77.2 Å². The fourth-order valence-corrected chi connectivity index (χ4v) is 2.91. The molecule has 0 radical (unpaired) electrons. The molecule has 8 nitrogen and oxygen atoms in total. The van der Waals surface area contributed by atoms with Crippen LogP contribution < -0.4 is 4.74 Å². The maximum Gasteiger partial charge on any atom is 0.407 e. The second-order valence-corrected chi connectivity index (χ2v) is 5.73. The van der Waals surface area contributed by atoms with Gasteiger partial charge in [-0.3, -0.25) is 4.90 Å². The minimum Gasteiger partial charge on any atom is -0.495 e. The van der Waals surface area contributed by atoms with Gasteiger partial charge >= 0.3 is 6.09 Å². The molecule has 136 valence electrons. The van der Waals surface area contributed by atoms with Crippen molar-refractivity contribution in [2.75, 3.05) is 39.9 Å². The number of carbonyl (C=O) groups is 1. The summed E-state index contributed by atoms with van der Waals surface area (Å²) in [4.78, 5) is 13.9. The van der Waals surface area contributed by atoms with E-state index in [0.717, 1.165) is 0 Å². The van der Waals surface area contributed by atoms with Crippen LogP contribution in [-0.2, 0) is 0 Å². The van der Waals surface area contributed by atoms with Crippen LogP contribution in [0, 0.1) is 17.1 Å². The summed E-state index contributed by atoms with van der Waals surface area (Å²) in [5, 5.41) is 37.9. The SMILES string of the molecule is COc1ccc(C(O)CN2CCN(C(=O)O)C[C@H]2CO)c(F)c1C#N. The van der Waals surface area contributed by atoms with E-state index in [-0.39, 0.29) is 43.1 Å². The van der Waals surface area contributed by atoms with Gasteiger partial charge in [-0.05, 0) is 12.1 Å². The van der Waals surface area contributed by atoms with Crippen molar-refractivity contribution in [2.45, 2.75) is 12.1 Å². The first-order valence-corrected chi connectivity index (χ1v) is 7.70. The van der Waals surface area contributed by atoms with E-state index in [2.05, 4.69) is 0 Å². The first-order chi connectivity index (χ1) is 11.9. The third-order valence-electron chi connectivity index (χ3n) is 4.32.